The molecule has 2 aliphatic rings. The summed E-state index contributed by atoms with van der Waals surface area (Å²) in [6.07, 6.45) is 0.358. The molecule has 2 N–H and O–H groups in total. The number of hydrogen-bond acceptors (Lipinski definition) is 3. The van der Waals surface area contributed by atoms with Gasteiger partial charge in [-0.25, -0.2) is 0 Å². The molecule has 0 fully saturated rings. The van der Waals surface area contributed by atoms with Crippen molar-refractivity contribution in [1.29, 1.82) is 0 Å². The Balaban J connectivity index is 1.50. The number of carboxylic acids is 1. The molecule has 1 amide bonds. The SMILES string of the molecule is O=C(NC1CC(C(=O)O)c2ccccc21)C1Cc2ccccc2O1. The summed E-state index contributed by atoms with van der Waals surface area (Å²) in [6.45, 7) is 0. The minimum Gasteiger partial charge on any atom is -0.481 e. The Morgan fingerprint density at radius 1 is 1.04 bits per heavy atom. The second-order valence-electron chi connectivity index (χ2n) is 6.23. The lowest BCUT2D eigenvalue weighted by Gasteiger charge is -2.17. The van der Waals surface area contributed by atoms with Crippen molar-refractivity contribution in [2.75, 3.05) is 0 Å². The largest absolute Gasteiger partial charge is 0.481 e. The summed E-state index contributed by atoms with van der Waals surface area (Å²) in [6, 6.07) is 14.7. The number of carboxylic acid groups (broad SMARTS) is 1. The topological polar surface area (TPSA) is 75.6 Å². The molecule has 0 radical (unpaired) electrons. The molecule has 5 heteroatoms. The van der Waals surface area contributed by atoms with E-state index < -0.39 is 18.0 Å². The molecule has 2 aromatic rings. The highest BCUT2D eigenvalue weighted by atomic mass is 16.5. The molecule has 0 saturated carbocycles. The molecule has 24 heavy (non-hydrogen) atoms. The Labute approximate surface area is 139 Å². The zero-order chi connectivity index (χ0) is 16.7. The minimum absolute atomic E-state index is 0.197. The lowest BCUT2D eigenvalue weighted by molar-refractivity contribution is -0.139. The molecule has 2 aromatic carbocycles. The van der Waals surface area contributed by atoms with E-state index in [1.165, 1.54) is 0 Å². The van der Waals surface area contributed by atoms with Crippen LogP contribution in [-0.2, 0) is 16.0 Å². The Morgan fingerprint density at radius 3 is 2.50 bits per heavy atom. The standard InChI is InChI=1S/C19H17NO4/c21-18(17-9-11-5-1-4-8-16(11)24-17)20-15-10-14(19(22)23)12-6-2-3-7-13(12)15/h1-8,14-15,17H,9-10H2,(H,20,21)(H,22,23). The van der Waals surface area contributed by atoms with E-state index >= 15 is 0 Å². The average Bonchev–Trinajstić information content (AvgIpc) is 3.17. The van der Waals surface area contributed by atoms with Gasteiger partial charge in [0.1, 0.15) is 5.75 Å². The smallest absolute Gasteiger partial charge is 0.311 e. The molecular weight excluding hydrogens is 306 g/mol. The van der Waals surface area contributed by atoms with E-state index in [1.807, 2.05) is 48.5 Å². The fourth-order valence-electron chi connectivity index (χ4n) is 3.60. The third kappa shape index (κ3) is 2.42. The molecule has 0 bridgehead atoms. The predicted molar refractivity (Wildman–Crippen MR) is 86.9 cm³/mol. The highest BCUT2D eigenvalue weighted by Gasteiger charge is 2.38. The van der Waals surface area contributed by atoms with E-state index in [9.17, 15) is 14.7 Å². The molecule has 1 aliphatic heterocycles. The van der Waals surface area contributed by atoms with Crippen LogP contribution in [0.5, 0.6) is 5.75 Å². The van der Waals surface area contributed by atoms with Gasteiger partial charge in [-0.05, 0) is 29.2 Å². The van der Waals surface area contributed by atoms with Crippen LogP contribution in [0.25, 0.3) is 0 Å². The summed E-state index contributed by atoms with van der Waals surface area (Å²) >= 11 is 0. The van der Waals surface area contributed by atoms with Crippen LogP contribution in [-0.4, -0.2) is 23.1 Å². The number of rotatable bonds is 3. The van der Waals surface area contributed by atoms with E-state index in [0.29, 0.717) is 12.8 Å². The van der Waals surface area contributed by atoms with Crippen molar-refractivity contribution >= 4 is 11.9 Å². The van der Waals surface area contributed by atoms with E-state index in [-0.39, 0.29) is 11.9 Å². The molecule has 0 saturated heterocycles. The van der Waals surface area contributed by atoms with Gasteiger partial charge >= 0.3 is 5.97 Å². The number of amides is 1. The molecular formula is C19H17NO4. The Morgan fingerprint density at radius 2 is 1.75 bits per heavy atom. The van der Waals surface area contributed by atoms with Gasteiger partial charge in [-0.2, -0.15) is 0 Å². The van der Waals surface area contributed by atoms with E-state index in [0.717, 1.165) is 22.4 Å². The number of ether oxygens (including phenoxy) is 1. The van der Waals surface area contributed by atoms with Gasteiger partial charge in [0.05, 0.1) is 12.0 Å². The molecule has 1 aliphatic carbocycles. The first-order valence-corrected chi connectivity index (χ1v) is 8.00. The lowest BCUT2D eigenvalue weighted by Crippen LogP contribution is -2.39. The van der Waals surface area contributed by atoms with E-state index in [4.69, 9.17) is 4.74 Å². The van der Waals surface area contributed by atoms with Gasteiger partial charge in [0.2, 0.25) is 0 Å². The van der Waals surface area contributed by atoms with Crippen LogP contribution in [0.4, 0.5) is 0 Å². The minimum atomic E-state index is -0.858. The second kappa shape index (κ2) is 5.67. The Hall–Kier alpha value is -2.82. The fraction of sp³-hybridized carbons (Fsp3) is 0.263. The molecule has 5 nitrogen and oxygen atoms in total. The van der Waals surface area contributed by atoms with Gasteiger partial charge in [0, 0.05) is 6.42 Å². The lowest BCUT2D eigenvalue weighted by atomic mass is 10.0. The number of para-hydroxylation sites is 1. The maximum absolute atomic E-state index is 12.6. The van der Waals surface area contributed by atoms with Crippen molar-refractivity contribution in [2.24, 2.45) is 0 Å². The van der Waals surface area contributed by atoms with Crippen molar-refractivity contribution in [2.45, 2.75) is 30.9 Å². The highest BCUT2D eigenvalue weighted by Crippen LogP contribution is 2.40. The third-order valence-electron chi connectivity index (χ3n) is 4.77. The van der Waals surface area contributed by atoms with Crippen LogP contribution in [0.2, 0.25) is 0 Å². The number of nitrogens with one attached hydrogen (secondary N) is 1. The van der Waals surface area contributed by atoms with Gasteiger partial charge in [0.15, 0.2) is 6.10 Å². The summed E-state index contributed by atoms with van der Waals surface area (Å²) in [4.78, 5) is 24.0. The van der Waals surface area contributed by atoms with Crippen molar-refractivity contribution in [3.63, 3.8) is 0 Å². The Kier molecular flexibility index (Phi) is 3.49. The predicted octanol–water partition coefficient (Wildman–Crippen LogP) is 2.42. The van der Waals surface area contributed by atoms with E-state index in [1.54, 1.807) is 0 Å². The fourth-order valence-corrected chi connectivity index (χ4v) is 3.60. The molecule has 3 atom stereocenters. The molecule has 1 heterocycles. The van der Waals surface area contributed by atoms with E-state index in [2.05, 4.69) is 5.32 Å². The zero-order valence-corrected chi connectivity index (χ0v) is 12.9. The summed E-state index contributed by atoms with van der Waals surface area (Å²) in [7, 11) is 0. The maximum atomic E-state index is 12.6. The zero-order valence-electron chi connectivity index (χ0n) is 12.9. The summed E-state index contributed by atoms with van der Waals surface area (Å²) in [5.41, 5.74) is 2.69. The molecule has 4 rings (SSSR count). The molecule has 122 valence electrons. The number of aliphatic carboxylic acids is 1. The van der Waals surface area contributed by atoms with Crippen molar-refractivity contribution < 1.29 is 19.4 Å². The summed E-state index contributed by atoms with van der Waals surface area (Å²) in [5.74, 6) is -0.887. The van der Waals surface area contributed by atoms with Crippen LogP contribution in [0.3, 0.4) is 0 Å². The number of carbonyl (C=O) groups excluding carboxylic acids is 1. The molecule has 0 aromatic heterocycles. The third-order valence-corrected chi connectivity index (χ3v) is 4.77. The van der Waals surface area contributed by atoms with Crippen LogP contribution in [0.1, 0.15) is 35.1 Å². The van der Waals surface area contributed by atoms with Gasteiger partial charge in [-0.1, -0.05) is 42.5 Å². The highest BCUT2D eigenvalue weighted by molar-refractivity contribution is 5.84. The normalized spacial score (nSPS) is 23.9. The van der Waals surface area contributed by atoms with Crippen LogP contribution < -0.4 is 10.1 Å². The van der Waals surface area contributed by atoms with Gasteiger partial charge in [-0.3, -0.25) is 9.59 Å². The number of fused-ring (bicyclic) bond motifs is 2. The average molecular weight is 323 g/mol. The van der Waals surface area contributed by atoms with Gasteiger partial charge in [-0.15, -0.1) is 0 Å². The van der Waals surface area contributed by atoms with Crippen molar-refractivity contribution in [3.8, 4) is 5.75 Å². The first kappa shape index (κ1) is 14.8. The van der Waals surface area contributed by atoms with Crippen LogP contribution >= 0.6 is 0 Å². The van der Waals surface area contributed by atoms with Crippen molar-refractivity contribution in [3.05, 3.63) is 65.2 Å². The first-order chi connectivity index (χ1) is 11.6. The first-order valence-electron chi connectivity index (χ1n) is 8.00. The van der Waals surface area contributed by atoms with Gasteiger partial charge in [0.25, 0.3) is 5.91 Å². The van der Waals surface area contributed by atoms with Crippen molar-refractivity contribution in [1.82, 2.24) is 5.32 Å². The summed E-state index contributed by atoms with van der Waals surface area (Å²) < 4.78 is 5.71. The Bertz CT molecular complexity index is 792. The molecule has 3 unspecified atom stereocenters. The number of carbonyl (C=O) groups is 2. The van der Waals surface area contributed by atoms with Crippen LogP contribution in [0, 0.1) is 0 Å². The molecule has 0 spiro atoms. The summed E-state index contributed by atoms with van der Waals surface area (Å²) in [5, 5.41) is 12.4. The quantitative estimate of drug-likeness (QED) is 0.909. The van der Waals surface area contributed by atoms with Crippen LogP contribution in [0.15, 0.2) is 48.5 Å². The monoisotopic (exact) mass is 323 g/mol. The maximum Gasteiger partial charge on any atom is 0.311 e. The second-order valence-corrected chi connectivity index (χ2v) is 6.23. The van der Waals surface area contributed by atoms with Gasteiger partial charge < -0.3 is 15.2 Å². The number of hydrogen-bond donors (Lipinski definition) is 2. The number of benzene rings is 2.